The number of ether oxygens (including phenoxy) is 2. The van der Waals surface area contributed by atoms with E-state index in [9.17, 15) is 18.0 Å². The number of hydrogen-bond donors (Lipinski definition) is 1. The number of hydrogen-bond acceptors (Lipinski definition) is 6. The van der Waals surface area contributed by atoms with Crippen molar-refractivity contribution in [3.05, 3.63) is 48.0 Å². The van der Waals surface area contributed by atoms with Crippen LogP contribution in [-0.4, -0.2) is 51.7 Å². The summed E-state index contributed by atoms with van der Waals surface area (Å²) in [6, 6.07) is 11.0. The van der Waals surface area contributed by atoms with Gasteiger partial charge in [0.15, 0.2) is 12.9 Å². The highest BCUT2D eigenvalue weighted by Gasteiger charge is 2.29. The van der Waals surface area contributed by atoms with Gasteiger partial charge in [0, 0.05) is 18.8 Å². The average molecular weight is 432 g/mol. The lowest BCUT2D eigenvalue weighted by Crippen LogP contribution is -2.35. The maximum absolute atomic E-state index is 13.1. The summed E-state index contributed by atoms with van der Waals surface area (Å²) < 4.78 is 38.2. The fourth-order valence-electron chi connectivity index (χ4n) is 3.25. The Labute approximate surface area is 175 Å². The van der Waals surface area contributed by atoms with Crippen LogP contribution in [0, 0.1) is 0 Å². The van der Waals surface area contributed by atoms with E-state index in [0.717, 1.165) is 19.3 Å². The number of amides is 1. The number of piperidine rings is 1. The largest absolute Gasteiger partial charge is 0.495 e. The highest BCUT2D eigenvalue weighted by Crippen LogP contribution is 2.31. The van der Waals surface area contributed by atoms with E-state index >= 15 is 0 Å². The van der Waals surface area contributed by atoms with E-state index in [2.05, 4.69) is 5.32 Å². The van der Waals surface area contributed by atoms with Gasteiger partial charge in [0.2, 0.25) is 10.0 Å². The van der Waals surface area contributed by atoms with Crippen LogP contribution in [0.3, 0.4) is 0 Å². The Balaban J connectivity index is 1.74. The van der Waals surface area contributed by atoms with Gasteiger partial charge >= 0.3 is 0 Å². The van der Waals surface area contributed by atoms with Crippen molar-refractivity contribution < 1.29 is 27.5 Å². The van der Waals surface area contributed by atoms with Crippen LogP contribution in [0.5, 0.6) is 11.5 Å². The van der Waals surface area contributed by atoms with Crippen molar-refractivity contribution in [3.8, 4) is 11.5 Å². The van der Waals surface area contributed by atoms with E-state index in [1.165, 1.54) is 23.5 Å². The molecule has 2 aromatic rings. The molecule has 1 saturated heterocycles. The Hall–Kier alpha value is -2.91. The molecule has 1 heterocycles. The summed E-state index contributed by atoms with van der Waals surface area (Å²) in [6.45, 7) is 0.600. The zero-order valence-electron chi connectivity index (χ0n) is 16.7. The zero-order valence-corrected chi connectivity index (χ0v) is 17.5. The van der Waals surface area contributed by atoms with Gasteiger partial charge in [0.1, 0.15) is 16.4 Å². The second-order valence-corrected chi connectivity index (χ2v) is 8.73. The monoisotopic (exact) mass is 432 g/mol. The first kappa shape index (κ1) is 21.8. The molecule has 0 unspecified atom stereocenters. The van der Waals surface area contributed by atoms with Gasteiger partial charge in [-0.25, -0.2) is 8.42 Å². The minimum atomic E-state index is -3.74. The minimum absolute atomic E-state index is 0.0110. The van der Waals surface area contributed by atoms with Crippen molar-refractivity contribution in [2.75, 3.05) is 32.1 Å². The highest BCUT2D eigenvalue weighted by atomic mass is 32.2. The molecular weight excluding hydrogens is 408 g/mol. The van der Waals surface area contributed by atoms with Gasteiger partial charge in [0.25, 0.3) is 5.91 Å². The normalized spacial score (nSPS) is 14.7. The predicted molar refractivity (Wildman–Crippen MR) is 112 cm³/mol. The van der Waals surface area contributed by atoms with Gasteiger partial charge in [-0.3, -0.25) is 9.59 Å². The number of anilines is 1. The number of sulfonamides is 1. The first-order valence-corrected chi connectivity index (χ1v) is 11.0. The van der Waals surface area contributed by atoms with E-state index in [1.807, 2.05) is 0 Å². The van der Waals surface area contributed by atoms with Crippen molar-refractivity contribution in [3.63, 3.8) is 0 Å². The average Bonchev–Trinajstić information content (AvgIpc) is 2.78. The Kier molecular flexibility index (Phi) is 7.07. The summed E-state index contributed by atoms with van der Waals surface area (Å²) in [4.78, 5) is 23.3. The second-order valence-electron chi connectivity index (χ2n) is 6.82. The number of nitrogens with zero attached hydrogens (tertiary/aromatic N) is 1. The van der Waals surface area contributed by atoms with E-state index in [-0.39, 0.29) is 17.3 Å². The summed E-state index contributed by atoms with van der Waals surface area (Å²) in [5.74, 6) is 0.0302. The molecule has 0 bridgehead atoms. The molecule has 1 N–H and O–H groups in total. The maximum Gasteiger partial charge on any atom is 0.262 e. The van der Waals surface area contributed by atoms with Gasteiger partial charge in [-0.1, -0.05) is 18.6 Å². The van der Waals surface area contributed by atoms with Crippen molar-refractivity contribution in [1.82, 2.24) is 4.31 Å². The molecule has 0 spiro atoms. The van der Waals surface area contributed by atoms with E-state index in [0.29, 0.717) is 36.4 Å². The fourth-order valence-corrected chi connectivity index (χ4v) is 4.95. The molecule has 0 aliphatic carbocycles. The van der Waals surface area contributed by atoms with Crippen LogP contribution in [0.15, 0.2) is 47.4 Å². The Morgan fingerprint density at radius 2 is 1.83 bits per heavy atom. The molecule has 0 atom stereocenters. The third kappa shape index (κ3) is 4.98. The summed E-state index contributed by atoms with van der Waals surface area (Å²) in [5.41, 5.74) is 0.647. The first-order chi connectivity index (χ1) is 14.5. The molecule has 1 amide bonds. The molecule has 0 aromatic heterocycles. The summed E-state index contributed by atoms with van der Waals surface area (Å²) in [6.07, 6.45) is 3.29. The van der Waals surface area contributed by atoms with Gasteiger partial charge in [-0.15, -0.1) is 0 Å². The molecular formula is C21H24N2O6S. The van der Waals surface area contributed by atoms with Crippen LogP contribution in [0.25, 0.3) is 0 Å². The lowest BCUT2D eigenvalue weighted by atomic mass is 10.2. The van der Waals surface area contributed by atoms with Crippen LogP contribution in [-0.2, 0) is 14.8 Å². The van der Waals surface area contributed by atoms with Crippen LogP contribution in [0.4, 0.5) is 5.69 Å². The van der Waals surface area contributed by atoms with Crippen molar-refractivity contribution in [2.45, 2.75) is 24.2 Å². The molecule has 9 heteroatoms. The quantitative estimate of drug-likeness (QED) is 0.644. The SMILES string of the molecule is COc1ccc(NC(=O)COc2ccccc2C=O)cc1S(=O)(=O)N1CCCCC1. The minimum Gasteiger partial charge on any atom is -0.495 e. The smallest absolute Gasteiger partial charge is 0.262 e. The molecule has 30 heavy (non-hydrogen) atoms. The Morgan fingerprint density at radius 1 is 1.10 bits per heavy atom. The second kappa shape index (κ2) is 9.73. The summed E-state index contributed by atoms with van der Waals surface area (Å²) in [5, 5.41) is 2.63. The molecule has 160 valence electrons. The number of carbonyl (C=O) groups is 2. The number of carbonyl (C=O) groups excluding carboxylic acids is 2. The molecule has 8 nitrogen and oxygen atoms in total. The standard InChI is InChI=1S/C21H24N2O6S/c1-28-19-10-9-17(13-20(19)30(26,27)23-11-5-2-6-12-23)22-21(25)15-29-18-8-4-3-7-16(18)14-24/h3-4,7-10,13-14H,2,5-6,11-12,15H2,1H3,(H,22,25). The lowest BCUT2D eigenvalue weighted by Gasteiger charge is -2.26. The number of aldehydes is 1. The number of para-hydroxylation sites is 1. The summed E-state index contributed by atoms with van der Waals surface area (Å²) in [7, 11) is -2.34. The maximum atomic E-state index is 13.1. The molecule has 0 saturated carbocycles. The molecule has 1 fully saturated rings. The van der Waals surface area contributed by atoms with E-state index < -0.39 is 15.9 Å². The Morgan fingerprint density at radius 3 is 2.53 bits per heavy atom. The van der Waals surface area contributed by atoms with Crippen LogP contribution in [0.1, 0.15) is 29.6 Å². The highest BCUT2D eigenvalue weighted by molar-refractivity contribution is 7.89. The summed E-state index contributed by atoms with van der Waals surface area (Å²) >= 11 is 0. The first-order valence-electron chi connectivity index (χ1n) is 9.61. The number of methoxy groups -OCH3 is 1. The van der Waals surface area contributed by atoms with Crippen LogP contribution >= 0.6 is 0 Å². The molecule has 0 radical (unpaired) electrons. The van der Waals surface area contributed by atoms with Crippen molar-refractivity contribution in [1.29, 1.82) is 0 Å². The molecule has 2 aromatic carbocycles. The van der Waals surface area contributed by atoms with E-state index in [1.54, 1.807) is 30.3 Å². The third-order valence-corrected chi connectivity index (χ3v) is 6.70. The van der Waals surface area contributed by atoms with Gasteiger partial charge in [-0.2, -0.15) is 4.31 Å². The van der Waals surface area contributed by atoms with Crippen molar-refractivity contribution >= 4 is 27.9 Å². The topological polar surface area (TPSA) is 102 Å². The number of benzene rings is 2. The number of rotatable bonds is 8. The lowest BCUT2D eigenvalue weighted by molar-refractivity contribution is -0.118. The number of nitrogens with one attached hydrogen (secondary N) is 1. The Bertz CT molecular complexity index is 1020. The van der Waals surface area contributed by atoms with Gasteiger partial charge in [0.05, 0.1) is 12.7 Å². The van der Waals surface area contributed by atoms with Gasteiger partial charge < -0.3 is 14.8 Å². The van der Waals surface area contributed by atoms with E-state index in [4.69, 9.17) is 9.47 Å². The molecule has 3 rings (SSSR count). The molecule has 1 aliphatic heterocycles. The predicted octanol–water partition coefficient (Wildman–Crippen LogP) is 2.70. The van der Waals surface area contributed by atoms with Crippen molar-refractivity contribution in [2.24, 2.45) is 0 Å². The van der Waals surface area contributed by atoms with Crippen LogP contribution in [0.2, 0.25) is 0 Å². The zero-order chi connectivity index (χ0) is 21.6. The van der Waals surface area contributed by atoms with Crippen LogP contribution < -0.4 is 14.8 Å². The fraction of sp³-hybridized carbons (Fsp3) is 0.333. The van der Waals surface area contributed by atoms with Gasteiger partial charge in [-0.05, 0) is 43.2 Å². The third-order valence-electron chi connectivity index (χ3n) is 4.78. The molecule has 1 aliphatic rings.